The second-order valence-electron chi connectivity index (χ2n) is 5.41. The number of aromatic nitrogens is 2. The first-order chi connectivity index (χ1) is 9.65. The minimum atomic E-state index is 0.00972. The second-order valence-corrected chi connectivity index (χ2v) is 5.41. The van der Waals surface area contributed by atoms with Crippen LogP contribution in [0.1, 0.15) is 44.1 Å². The highest BCUT2D eigenvalue weighted by Crippen LogP contribution is 2.18. The van der Waals surface area contributed by atoms with E-state index in [4.69, 9.17) is 0 Å². The summed E-state index contributed by atoms with van der Waals surface area (Å²) in [7, 11) is 0. The van der Waals surface area contributed by atoms with Crippen LogP contribution in [0, 0.1) is 5.92 Å². The zero-order chi connectivity index (χ0) is 14.5. The molecule has 5 heteroatoms. The number of anilines is 1. The molecule has 1 aromatic rings. The Kier molecular flexibility index (Phi) is 4.93. The zero-order valence-corrected chi connectivity index (χ0v) is 12.7. The maximum atomic E-state index is 12.3. The monoisotopic (exact) mass is 276 g/mol. The summed E-state index contributed by atoms with van der Waals surface area (Å²) in [6.07, 6.45) is 5.47. The van der Waals surface area contributed by atoms with Gasteiger partial charge in [-0.3, -0.25) is 4.79 Å². The lowest BCUT2D eigenvalue weighted by molar-refractivity contribution is 0.0691. The van der Waals surface area contributed by atoms with Gasteiger partial charge in [0, 0.05) is 26.2 Å². The number of hydrogen-bond donors (Lipinski definition) is 0. The van der Waals surface area contributed by atoms with Crippen molar-refractivity contribution in [2.75, 3.05) is 31.1 Å². The molecule has 0 aromatic carbocycles. The Labute approximate surface area is 121 Å². The van der Waals surface area contributed by atoms with Crippen LogP contribution >= 0.6 is 0 Å². The highest BCUT2D eigenvalue weighted by Gasteiger charge is 2.22. The van der Waals surface area contributed by atoms with Gasteiger partial charge in [0.15, 0.2) is 0 Å². The molecule has 20 heavy (non-hydrogen) atoms. The maximum Gasteiger partial charge on any atom is 0.274 e. The summed E-state index contributed by atoms with van der Waals surface area (Å²) in [4.78, 5) is 25.0. The van der Waals surface area contributed by atoms with Crippen molar-refractivity contribution in [2.24, 2.45) is 5.92 Å². The van der Waals surface area contributed by atoms with Crippen LogP contribution in [0.3, 0.4) is 0 Å². The van der Waals surface area contributed by atoms with Crippen molar-refractivity contribution in [1.29, 1.82) is 0 Å². The molecule has 0 saturated carbocycles. The van der Waals surface area contributed by atoms with E-state index >= 15 is 0 Å². The molecule has 0 N–H and O–H groups in total. The van der Waals surface area contributed by atoms with E-state index in [0.29, 0.717) is 5.69 Å². The molecular formula is C15H24N4O. The molecule has 2 heterocycles. The van der Waals surface area contributed by atoms with Crippen molar-refractivity contribution in [3.05, 3.63) is 18.1 Å². The van der Waals surface area contributed by atoms with Gasteiger partial charge >= 0.3 is 0 Å². The Balaban J connectivity index is 2.04. The standard InChI is InChI=1S/C15H24N4O/c1-4-18(5-2)14-11-16-13(10-17-14)15(20)19-8-6-12(3)7-9-19/h10-12H,4-9H2,1-3H3. The Bertz CT molecular complexity index is 434. The van der Waals surface area contributed by atoms with Gasteiger partial charge in [0.1, 0.15) is 11.5 Å². The fraction of sp³-hybridized carbons (Fsp3) is 0.667. The molecule has 1 aromatic heterocycles. The third-order valence-corrected chi connectivity index (χ3v) is 4.02. The van der Waals surface area contributed by atoms with Crippen LogP contribution in [0.2, 0.25) is 0 Å². The molecular weight excluding hydrogens is 252 g/mol. The van der Waals surface area contributed by atoms with Crippen molar-refractivity contribution in [3.8, 4) is 0 Å². The molecule has 1 aliphatic heterocycles. The van der Waals surface area contributed by atoms with Crippen LogP contribution in [0.5, 0.6) is 0 Å². The quantitative estimate of drug-likeness (QED) is 0.846. The fourth-order valence-corrected chi connectivity index (χ4v) is 2.52. The largest absolute Gasteiger partial charge is 0.356 e. The smallest absolute Gasteiger partial charge is 0.274 e. The van der Waals surface area contributed by atoms with Crippen molar-refractivity contribution in [3.63, 3.8) is 0 Å². The molecule has 0 aliphatic carbocycles. The minimum absolute atomic E-state index is 0.00972. The van der Waals surface area contributed by atoms with E-state index in [1.165, 1.54) is 0 Å². The Hall–Kier alpha value is -1.65. The Morgan fingerprint density at radius 3 is 2.40 bits per heavy atom. The van der Waals surface area contributed by atoms with Crippen molar-refractivity contribution in [2.45, 2.75) is 33.6 Å². The number of carbonyl (C=O) groups excluding carboxylic acids is 1. The topological polar surface area (TPSA) is 49.3 Å². The van der Waals surface area contributed by atoms with Crippen molar-refractivity contribution in [1.82, 2.24) is 14.9 Å². The van der Waals surface area contributed by atoms with Gasteiger partial charge in [-0.25, -0.2) is 9.97 Å². The third kappa shape index (κ3) is 3.26. The molecule has 5 nitrogen and oxygen atoms in total. The Morgan fingerprint density at radius 1 is 1.25 bits per heavy atom. The molecule has 0 radical (unpaired) electrons. The minimum Gasteiger partial charge on any atom is -0.356 e. The van der Waals surface area contributed by atoms with Crippen LogP contribution in [0.25, 0.3) is 0 Å². The van der Waals surface area contributed by atoms with Gasteiger partial charge in [0.25, 0.3) is 5.91 Å². The summed E-state index contributed by atoms with van der Waals surface area (Å²) < 4.78 is 0. The molecule has 2 rings (SSSR count). The SMILES string of the molecule is CCN(CC)c1cnc(C(=O)N2CCC(C)CC2)cn1. The van der Waals surface area contributed by atoms with Crippen LogP contribution in [0.4, 0.5) is 5.82 Å². The summed E-state index contributed by atoms with van der Waals surface area (Å²) in [5.74, 6) is 1.56. The molecule has 0 bridgehead atoms. The van der Waals surface area contributed by atoms with Gasteiger partial charge in [-0.2, -0.15) is 0 Å². The van der Waals surface area contributed by atoms with Crippen molar-refractivity contribution < 1.29 is 4.79 Å². The van der Waals surface area contributed by atoms with Crippen LogP contribution < -0.4 is 4.90 Å². The van der Waals surface area contributed by atoms with E-state index in [1.807, 2.05) is 4.90 Å². The highest BCUT2D eigenvalue weighted by atomic mass is 16.2. The molecule has 0 spiro atoms. The number of rotatable bonds is 4. The van der Waals surface area contributed by atoms with E-state index in [-0.39, 0.29) is 5.91 Å². The zero-order valence-electron chi connectivity index (χ0n) is 12.7. The lowest BCUT2D eigenvalue weighted by Gasteiger charge is -2.30. The highest BCUT2D eigenvalue weighted by molar-refractivity contribution is 5.92. The van der Waals surface area contributed by atoms with E-state index < -0.39 is 0 Å². The van der Waals surface area contributed by atoms with E-state index in [1.54, 1.807) is 12.4 Å². The lowest BCUT2D eigenvalue weighted by Crippen LogP contribution is -2.38. The molecule has 1 saturated heterocycles. The molecule has 0 unspecified atom stereocenters. The number of amides is 1. The first kappa shape index (κ1) is 14.8. The van der Waals surface area contributed by atoms with E-state index in [0.717, 1.165) is 50.8 Å². The number of hydrogen-bond acceptors (Lipinski definition) is 4. The average molecular weight is 276 g/mol. The molecule has 1 amide bonds. The van der Waals surface area contributed by atoms with Gasteiger partial charge in [0.2, 0.25) is 0 Å². The summed E-state index contributed by atoms with van der Waals surface area (Å²) in [6, 6.07) is 0. The van der Waals surface area contributed by atoms with E-state index in [9.17, 15) is 4.79 Å². The average Bonchev–Trinajstić information content (AvgIpc) is 2.49. The summed E-state index contributed by atoms with van der Waals surface area (Å²) >= 11 is 0. The molecule has 1 aliphatic rings. The van der Waals surface area contributed by atoms with Gasteiger partial charge in [0.05, 0.1) is 12.4 Å². The van der Waals surface area contributed by atoms with E-state index in [2.05, 4.69) is 35.6 Å². The predicted molar refractivity (Wildman–Crippen MR) is 79.9 cm³/mol. The maximum absolute atomic E-state index is 12.3. The molecule has 1 fully saturated rings. The predicted octanol–water partition coefficient (Wildman–Crippen LogP) is 2.19. The summed E-state index contributed by atoms with van der Waals surface area (Å²) in [6.45, 7) is 9.85. The molecule has 110 valence electrons. The number of carbonyl (C=O) groups is 1. The first-order valence-electron chi connectivity index (χ1n) is 7.52. The van der Waals surface area contributed by atoms with Crippen LogP contribution in [-0.2, 0) is 0 Å². The van der Waals surface area contributed by atoms with Gasteiger partial charge < -0.3 is 9.80 Å². The normalized spacial score (nSPS) is 16.2. The Morgan fingerprint density at radius 2 is 1.90 bits per heavy atom. The first-order valence-corrected chi connectivity index (χ1v) is 7.52. The lowest BCUT2D eigenvalue weighted by atomic mass is 9.99. The number of piperidine rings is 1. The summed E-state index contributed by atoms with van der Waals surface area (Å²) in [5.41, 5.74) is 0.454. The third-order valence-electron chi connectivity index (χ3n) is 4.02. The molecule has 0 atom stereocenters. The fourth-order valence-electron chi connectivity index (χ4n) is 2.52. The van der Waals surface area contributed by atoms with Crippen LogP contribution in [-0.4, -0.2) is 47.0 Å². The second kappa shape index (κ2) is 6.68. The summed E-state index contributed by atoms with van der Waals surface area (Å²) in [5, 5.41) is 0. The van der Waals surface area contributed by atoms with Gasteiger partial charge in [-0.15, -0.1) is 0 Å². The number of nitrogens with zero attached hydrogens (tertiary/aromatic N) is 4. The van der Waals surface area contributed by atoms with Gasteiger partial charge in [-0.05, 0) is 32.6 Å². The van der Waals surface area contributed by atoms with Crippen molar-refractivity contribution >= 4 is 11.7 Å². The van der Waals surface area contributed by atoms with Gasteiger partial charge in [-0.1, -0.05) is 6.92 Å². The van der Waals surface area contributed by atoms with Crippen LogP contribution in [0.15, 0.2) is 12.4 Å². The number of likely N-dealkylation sites (tertiary alicyclic amines) is 1.